The molecule has 4 nitrogen and oxygen atoms in total. The van der Waals surface area contributed by atoms with Gasteiger partial charge in [-0.1, -0.05) is 0 Å². The van der Waals surface area contributed by atoms with Crippen LogP contribution in [0, 0.1) is 0 Å². The van der Waals surface area contributed by atoms with Crippen LogP contribution in [0.5, 0.6) is 0 Å². The van der Waals surface area contributed by atoms with Crippen molar-refractivity contribution in [3.63, 3.8) is 0 Å². The summed E-state index contributed by atoms with van der Waals surface area (Å²) in [5, 5.41) is 0. The molecule has 1 rings (SSSR count). The predicted molar refractivity (Wildman–Crippen MR) is 95.7 cm³/mol. The lowest BCUT2D eigenvalue weighted by molar-refractivity contribution is 0.0536. The van der Waals surface area contributed by atoms with Crippen molar-refractivity contribution in [2.75, 3.05) is 11.0 Å². The molecule has 0 saturated heterocycles. The zero-order valence-corrected chi connectivity index (χ0v) is 18.8. The number of hydrogen-bond donors (Lipinski definition) is 0. The maximum absolute atomic E-state index is 12.1. The molecule has 0 atom stereocenters. The number of esters is 2. The molecule has 0 radical (unpaired) electrons. The van der Waals surface area contributed by atoms with Crippen molar-refractivity contribution < 1.29 is 19.1 Å². The van der Waals surface area contributed by atoms with E-state index >= 15 is 0 Å². The molecular formula is C10H4Br6O4. The maximum atomic E-state index is 12.1. The molecule has 0 aliphatic heterocycles. The van der Waals surface area contributed by atoms with Gasteiger partial charge < -0.3 is 9.47 Å². The third-order valence-electron chi connectivity index (χ3n) is 2.05. The van der Waals surface area contributed by atoms with Crippen molar-refractivity contribution in [3.8, 4) is 0 Å². The van der Waals surface area contributed by atoms with Crippen LogP contribution in [-0.2, 0) is 9.47 Å². The Bertz CT molecular complexity index is 510. The fourth-order valence-electron chi connectivity index (χ4n) is 1.26. The highest BCUT2D eigenvalue weighted by atomic mass is 79.9. The van der Waals surface area contributed by atoms with Crippen molar-refractivity contribution in [3.05, 3.63) is 29.0 Å². The summed E-state index contributed by atoms with van der Waals surface area (Å²) < 4.78 is 11.7. The van der Waals surface area contributed by atoms with Gasteiger partial charge in [0.1, 0.15) is 11.0 Å². The van der Waals surface area contributed by atoms with Crippen LogP contribution in [0.25, 0.3) is 0 Å². The summed E-state index contributed by atoms with van der Waals surface area (Å²) in [7, 11) is 0. The molecule has 0 saturated carbocycles. The number of halogens is 6. The Kier molecular flexibility index (Phi) is 8.22. The number of rotatable bonds is 4. The molecule has 1 aromatic carbocycles. The van der Waals surface area contributed by atoms with Crippen LogP contribution in [-0.4, -0.2) is 23.0 Å². The Morgan fingerprint density at radius 1 is 0.700 bits per heavy atom. The molecule has 0 aromatic heterocycles. The van der Waals surface area contributed by atoms with Gasteiger partial charge >= 0.3 is 11.9 Å². The Morgan fingerprint density at radius 3 is 1.25 bits per heavy atom. The molecule has 0 fully saturated rings. The summed E-state index contributed by atoms with van der Waals surface area (Å²) in [5.41, 5.74) is 0.155. The first kappa shape index (κ1) is 19.1. The van der Waals surface area contributed by atoms with Crippen LogP contribution in [0.15, 0.2) is 17.9 Å². The Hall–Kier alpha value is 1.04. The summed E-state index contributed by atoms with van der Waals surface area (Å²) in [6.45, 7) is 0. The fourth-order valence-corrected chi connectivity index (χ4v) is 4.12. The Labute approximate surface area is 165 Å². The van der Waals surface area contributed by atoms with Gasteiger partial charge in [0.05, 0.1) is 11.1 Å². The van der Waals surface area contributed by atoms with E-state index in [4.69, 9.17) is 9.47 Å². The molecule has 0 spiro atoms. The summed E-state index contributed by atoms with van der Waals surface area (Å²) in [6, 6.07) is 0. The Morgan fingerprint density at radius 2 is 1.00 bits per heavy atom. The van der Waals surface area contributed by atoms with E-state index in [0.717, 1.165) is 0 Å². The SMILES string of the molecule is O=C(OCBr)c1c(Br)c(Br)c(Br)c(Br)c1C(=O)OCBr. The standard InChI is InChI=1S/C10H4Br6O4/c11-1-19-9(17)3-4(10(18)20-2-12)6(14)8(16)7(15)5(3)13/h1-2H2. The van der Waals surface area contributed by atoms with Gasteiger partial charge in [0.15, 0.2) is 0 Å². The van der Waals surface area contributed by atoms with Gasteiger partial charge in [0.25, 0.3) is 0 Å². The van der Waals surface area contributed by atoms with Crippen molar-refractivity contribution in [2.45, 2.75) is 0 Å². The monoisotopic (exact) mass is 662 g/mol. The summed E-state index contributed by atoms with van der Waals surface area (Å²) in [6.07, 6.45) is 0. The van der Waals surface area contributed by atoms with Gasteiger partial charge in [-0.25, -0.2) is 9.59 Å². The average molecular weight is 668 g/mol. The minimum Gasteiger partial charge on any atom is -0.450 e. The first-order valence-corrected chi connectivity index (χ1v) is 10.1. The smallest absolute Gasteiger partial charge is 0.341 e. The van der Waals surface area contributed by atoms with Gasteiger partial charge in [-0.2, -0.15) is 0 Å². The third-order valence-corrected chi connectivity index (χ3v) is 7.27. The topological polar surface area (TPSA) is 52.6 Å². The molecule has 0 aliphatic carbocycles. The third kappa shape index (κ3) is 4.07. The molecular weight excluding hydrogens is 664 g/mol. The van der Waals surface area contributed by atoms with Crippen LogP contribution < -0.4 is 0 Å². The molecule has 0 bridgehead atoms. The molecule has 0 unspecified atom stereocenters. The van der Waals surface area contributed by atoms with Crippen LogP contribution in [0.3, 0.4) is 0 Å². The number of benzene rings is 1. The highest BCUT2D eigenvalue weighted by Gasteiger charge is 2.29. The van der Waals surface area contributed by atoms with E-state index in [1.54, 1.807) is 0 Å². The highest BCUT2D eigenvalue weighted by molar-refractivity contribution is 9.15. The van der Waals surface area contributed by atoms with Gasteiger partial charge in [-0.05, 0) is 95.6 Å². The average Bonchev–Trinajstić information content (AvgIpc) is 2.40. The van der Waals surface area contributed by atoms with Crippen molar-refractivity contribution in [2.24, 2.45) is 0 Å². The minimum absolute atomic E-state index is 0.0104. The maximum Gasteiger partial charge on any atom is 0.341 e. The van der Waals surface area contributed by atoms with E-state index in [-0.39, 0.29) is 22.2 Å². The van der Waals surface area contributed by atoms with E-state index in [1.807, 2.05) is 0 Å². The second kappa shape index (κ2) is 8.61. The van der Waals surface area contributed by atoms with E-state index in [1.165, 1.54) is 0 Å². The second-order valence-electron chi connectivity index (χ2n) is 3.09. The van der Waals surface area contributed by atoms with Gasteiger partial charge in [0, 0.05) is 17.9 Å². The number of alkyl halides is 2. The minimum atomic E-state index is -0.663. The summed E-state index contributed by atoms with van der Waals surface area (Å²) in [5.74, 6) is -1.33. The van der Waals surface area contributed by atoms with Gasteiger partial charge in [-0.15, -0.1) is 0 Å². The zero-order chi connectivity index (χ0) is 15.4. The zero-order valence-electron chi connectivity index (χ0n) is 9.31. The van der Waals surface area contributed by atoms with Crippen LogP contribution in [0.4, 0.5) is 0 Å². The van der Waals surface area contributed by atoms with Crippen molar-refractivity contribution in [1.82, 2.24) is 0 Å². The molecule has 20 heavy (non-hydrogen) atoms. The van der Waals surface area contributed by atoms with Crippen LogP contribution in [0.1, 0.15) is 20.7 Å². The van der Waals surface area contributed by atoms with E-state index < -0.39 is 11.9 Å². The van der Waals surface area contributed by atoms with Gasteiger partial charge in [0.2, 0.25) is 0 Å². The molecule has 0 N–H and O–H groups in total. The summed E-state index contributed by atoms with van der Waals surface area (Å²) >= 11 is 19.2. The largest absolute Gasteiger partial charge is 0.450 e. The molecule has 0 heterocycles. The first-order chi connectivity index (χ1) is 9.36. The predicted octanol–water partition coefficient (Wildman–Crippen LogP) is 5.76. The first-order valence-electron chi connectivity index (χ1n) is 4.68. The molecule has 10 heteroatoms. The normalized spacial score (nSPS) is 10.3. The molecule has 0 aliphatic rings. The highest BCUT2D eigenvalue weighted by Crippen LogP contribution is 2.42. The van der Waals surface area contributed by atoms with Crippen molar-refractivity contribution >= 4 is 108 Å². The number of hydrogen-bond acceptors (Lipinski definition) is 4. The quantitative estimate of drug-likeness (QED) is 0.178. The number of carbonyl (C=O) groups is 2. The lowest BCUT2D eigenvalue weighted by Crippen LogP contribution is -2.16. The Balaban J connectivity index is 3.60. The lowest BCUT2D eigenvalue weighted by Gasteiger charge is -2.15. The van der Waals surface area contributed by atoms with E-state index in [0.29, 0.717) is 17.9 Å². The summed E-state index contributed by atoms with van der Waals surface area (Å²) in [4.78, 5) is 24.1. The van der Waals surface area contributed by atoms with Crippen LogP contribution in [0.2, 0.25) is 0 Å². The van der Waals surface area contributed by atoms with E-state index in [2.05, 4.69) is 95.6 Å². The molecule has 0 amide bonds. The van der Waals surface area contributed by atoms with Crippen molar-refractivity contribution in [1.29, 1.82) is 0 Å². The number of ether oxygens (including phenoxy) is 2. The van der Waals surface area contributed by atoms with E-state index in [9.17, 15) is 9.59 Å². The van der Waals surface area contributed by atoms with Gasteiger partial charge in [-0.3, -0.25) is 0 Å². The van der Waals surface area contributed by atoms with Crippen LogP contribution >= 0.6 is 95.6 Å². The fraction of sp³-hybridized carbons (Fsp3) is 0.200. The molecule has 1 aromatic rings. The second-order valence-corrected chi connectivity index (χ2v) is 7.18. The number of carbonyl (C=O) groups excluding carboxylic acids is 2. The molecule has 110 valence electrons. The lowest BCUT2D eigenvalue weighted by atomic mass is 10.1.